The Bertz CT molecular complexity index is 987. The number of methoxy groups -OCH3 is 1. The van der Waals surface area contributed by atoms with Crippen LogP contribution in [0.2, 0.25) is 0 Å². The average Bonchev–Trinajstić information content (AvgIpc) is 2.97. The summed E-state index contributed by atoms with van der Waals surface area (Å²) in [5.41, 5.74) is 2.83. The zero-order valence-corrected chi connectivity index (χ0v) is 18.5. The number of aryl methyl sites for hydroxylation is 1. The van der Waals surface area contributed by atoms with Crippen molar-refractivity contribution >= 4 is 10.0 Å². The van der Waals surface area contributed by atoms with Crippen molar-refractivity contribution in [1.82, 2.24) is 9.21 Å². The minimum atomic E-state index is -3.51. The Balaban J connectivity index is 1.73. The van der Waals surface area contributed by atoms with Crippen molar-refractivity contribution in [2.45, 2.75) is 31.2 Å². The predicted molar refractivity (Wildman–Crippen MR) is 118 cm³/mol. The highest BCUT2D eigenvalue weighted by Crippen LogP contribution is 2.33. The normalized spacial score (nSPS) is 16.2. The highest BCUT2D eigenvalue weighted by Gasteiger charge is 2.27. The average molecular weight is 431 g/mol. The van der Waals surface area contributed by atoms with Crippen molar-refractivity contribution in [2.75, 3.05) is 33.3 Å². The molecule has 7 heteroatoms. The first-order valence-corrected chi connectivity index (χ1v) is 11.6. The molecular formula is C23H30N2O4S. The van der Waals surface area contributed by atoms with Crippen molar-refractivity contribution < 1.29 is 18.3 Å². The fourth-order valence-electron chi connectivity index (χ4n) is 3.74. The van der Waals surface area contributed by atoms with Crippen molar-refractivity contribution in [3.63, 3.8) is 0 Å². The second kappa shape index (κ2) is 9.64. The molecule has 1 heterocycles. The minimum absolute atomic E-state index is 0.138. The lowest BCUT2D eigenvalue weighted by molar-refractivity contribution is 0.272. The Morgan fingerprint density at radius 1 is 1.13 bits per heavy atom. The van der Waals surface area contributed by atoms with E-state index in [1.165, 1.54) is 7.11 Å². The van der Waals surface area contributed by atoms with Gasteiger partial charge in [-0.15, -0.1) is 6.58 Å². The number of phenols is 1. The molecule has 162 valence electrons. The number of ether oxygens (including phenoxy) is 1. The van der Waals surface area contributed by atoms with Crippen molar-refractivity contribution in [2.24, 2.45) is 0 Å². The summed E-state index contributed by atoms with van der Waals surface area (Å²) in [6.45, 7) is 8.50. The number of hydrogen-bond acceptors (Lipinski definition) is 5. The molecule has 1 aliphatic rings. The molecule has 0 spiro atoms. The van der Waals surface area contributed by atoms with Crippen LogP contribution in [0.25, 0.3) is 0 Å². The summed E-state index contributed by atoms with van der Waals surface area (Å²) < 4.78 is 32.9. The van der Waals surface area contributed by atoms with Crippen molar-refractivity contribution in [1.29, 1.82) is 0 Å². The third-order valence-electron chi connectivity index (χ3n) is 5.41. The Hall–Kier alpha value is -2.35. The van der Waals surface area contributed by atoms with Crippen LogP contribution in [0.1, 0.15) is 23.1 Å². The highest BCUT2D eigenvalue weighted by molar-refractivity contribution is 7.89. The van der Waals surface area contributed by atoms with E-state index in [0.29, 0.717) is 43.2 Å². The molecule has 0 aliphatic carbocycles. The minimum Gasteiger partial charge on any atom is -0.504 e. The van der Waals surface area contributed by atoms with E-state index in [-0.39, 0.29) is 5.75 Å². The fourth-order valence-corrected chi connectivity index (χ4v) is 5.21. The van der Waals surface area contributed by atoms with E-state index in [1.54, 1.807) is 16.4 Å². The molecule has 1 fully saturated rings. The van der Waals surface area contributed by atoms with Gasteiger partial charge in [0.1, 0.15) is 0 Å². The summed E-state index contributed by atoms with van der Waals surface area (Å²) >= 11 is 0. The van der Waals surface area contributed by atoms with Gasteiger partial charge in [-0.2, -0.15) is 4.31 Å². The Morgan fingerprint density at radius 2 is 1.87 bits per heavy atom. The smallest absolute Gasteiger partial charge is 0.243 e. The van der Waals surface area contributed by atoms with E-state index in [4.69, 9.17) is 4.74 Å². The summed E-state index contributed by atoms with van der Waals surface area (Å²) in [7, 11) is -1.97. The van der Waals surface area contributed by atoms with Gasteiger partial charge in [-0.25, -0.2) is 8.42 Å². The van der Waals surface area contributed by atoms with E-state index in [1.807, 2.05) is 37.3 Å². The number of allylic oxidation sites excluding steroid dienone is 1. The first kappa shape index (κ1) is 22.3. The van der Waals surface area contributed by atoms with Crippen LogP contribution in [-0.2, 0) is 23.0 Å². The van der Waals surface area contributed by atoms with Gasteiger partial charge < -0.3 is 9.84 Å². The summed E-state index contributed by atoms with van der Waals surface area (Å²) in [5, 5.41) is 10.6. The van der Waals surface area contributed by atoms with Crippen LogP contribution in [0.4, 0.5) is 0 Å². The number of phenolic OH excluding ortho intramolecular Hbond substituents is 1. The first-order valence-electron chi connectivity index (χ1n) is 10.1. The Kier molecular flexibility index (Phi) is 7.18. The number of benzene rings is 2. The molecule has 0 aromatic heterocycles. The standard InChI is InChI=1S/C23H30N2O4S/c1-4-6-19-15-20(23(26)22(16-19)29-3)17-24-11-5-12-25(14-13-24)30(27,28)21-9-7-18(2)8-10-21/h4,7-10,15-16,26H,1,5-6,11-14,17H2,2-3H3. The molecular weight excluding hydrogens is 400 g/mol. The molecule has 2 aromatic rings. The van der Waals surface area contributed by atoms with Gasteiger partial charge in [0.15, 0.2) is 11.5 Å². The van der Waals surface area contributed by atoms with Crippen molar-refractivity contribution in [3.05, 3.63) is 65.7 Å². The number of nitrogens with zero attached hydrogens (tertiary/aromatic N) is 2. The van der Waals surface area contributed by atoms with Crippen LogP contribution in [0, 0.1) is 6.92 Å². The maximum absolute atomic E-state index is 13.0. The summed E-state index contributed by atoms with van der Waals surface area (Å²) in [4.78, 5) is 2.51. The summed E-state index contributed by atoms with van der Waals surface area (Å²) in [5.74, 6) is 0.585. The molecule has 1 saturated heterocycles. The molecule has 0 atom stereocenters. The van der Waals surface area contributed by atoms with E-state index in [2.05, 4.69) is 11.5 Å². The van der Waals surface area contributed by atoms with Gasteiger partial charge in [-0.3, -0.25) is 4.90 Å². The molecule has 0 bridgehead atoms. The number of hydrogen-bond donors (Lipinski definition) is 1. The van der Waals surface area contributed by atoms with Gasteiger partial charge in [-0.1, -0.05) is 29.8 Å². The van der Waals surface area contributed by atoms with Crippen LogP contribution in [-0.4, -0.2) is 56.0 Å². The molecule has 6 nitrogen and oxygen atoms in total. The van der Waals surface area contributed by atoms with Gasteiger partial charge >= 0.3 is 0 Å². The maximum atomic E-state index is 13.0. The molecule has 0 unspecified atom stereocenters. The van der Waals surface area contributed by atoms with Gasteiger partial charge in [0.2, 0.25) is 10.0 Å². The van der Waals surface area contributed by atoms with E-state index in [0.717, 1.165) is 29.7 Å². The topological polar surface area (TPSA) is 70.1 Å². The molecule has 1 N–H and O–H groups in total. The highest BCUT2D eigenvalue weighted by atomic mass is 32.2. The largest absolute Gasteiger partial charge is 0.504 e. The predicted octanol–water partition coefficient (Wildman–Crippen LogP) is 3.33. The lowest BCUT2D eigenvalue weighted by Gasteiger charge is -2.23. The van der Waals surface area contributed by atoms with Crippen LogP contribution >= 0.6 is 0 Å². The van der Waals surface area contributed by atoms with Crippen LogP contribution < -0.4 is 4.74 Å². The number of rotatable bonds is 7. The second-order valence-electron chi connectivity index (χ2n) is 7.65. The van der Waals surface area contributed by atoms with Crippen LogP contribution in [0.5, 0.6) is 11.5 Å². The maximum Gasteiger partial charge on any atom is 0.243 e. The van der Waals surface area contributed by atoms with Crippen LogP contribution in [0.15, 0.2) is 53.9 Å². The van der Waals surface area contributed by atoms with E-state index >= 15 is 0 Å². The molecule has 3 rings (SSSR count). The molecule has 0 radical (unpaired) electrons. The Morgan fingerprint density at radius 3 is 2.53 bits per heavy atom. The Labute approximate surface area is 179 Å². The number of sulfonamides is 1. The molecule has 0 saturated carbocycles. The van der Waals surface area contributed by atoms with E-state index < -0.39 is 10.0 Å². The van der Waals surface area contributed by atoms with Gasteiger partial charge in [0, 0.05) is 31.7 Å². The van der Waals surface area contributed by atoms with Gasteiger partial charge in [-0.05, 0) is 50.1 Å². The van der Waals surface area contributed by atoms with E-state index in [9.17, 15) is 13.5 Å². The van der Waals surface area contributed by atoms with Gasteiger partial charge in [0.25, 0.3) is 0 Å². The zero-order chi connectivity index (χ0) is 21.7. The zero-order valence-electron chi connectivity index (χ0n) is 17.7. The fraction of sp³-hybridized carbons (Fsp3) is 0.391. The lowest BCUT2D eigenvalue weighted by atomic mass is 10.1. The quantitative estimate of drug-likeness (QED) is 0.683. The van der Waals surface area contributed by atoms with Crippen LogP contribution in [0.3, 0.4) is 0 Å². The lowest BCUT2D eigenvalue weighted by Crippen LogP contribution is -2.35. The summed E-state index contributed by atoms with van der Waals surface area (Å²) in [6, 6.07) is 10.8. The molecule has 1 aliphatic heterocycles. The van der Waals surface area contributed by atoms with Gasteiger partial charge in [0.05, 0.1) is 12.0 Å². The summed E-state index contributed by atoms with van der Waals surface area (Å²) in [6.07, 6.45) is 3.23. The SMILES string of the molecule is C=CCc1cc(CN2CCCN(S(=O)(=O)c3ccc(C)cc3)CC2)c(O)c(OC)c1. The molecule has 30 heavy (non-hydrogen) atoms. The third-order valence-corrected chi connectivity index (χ3v) is 7.33. The van der Waals surface area contributed by atoms with Crippen molar-refractivity contribution in [3.8, 4) is 11.5 Å². The second-order valence-corrected chi connectivity index (χ2v) is 9.58. The third kappa shape index (κ3) is 5.03. The monoisotopic (exact) mass is 430 g/mol. The number of aromatic hydroxyl groups is 1. The molecule has 0 amide bonds. The first-order chi connectivity index (χ1) is 14.3. The molecule has 2 aromatic carbocycles.